The fraction of sp³-hybridized carbons (Fsp3) is 0.385. The molecule has 196 valence electrons. The van der Waals surface area contributed by atoms with E-state index < -0.39 is 29.1 Å². The van der Waals surface area contributed by atoms with Crippen molar-refractivity contribution in [3.63, 3.8) is 0 Å². The highest BCUT2D eigenvalue weighted by Crippen LogP contribution is 2.34. The Balaban J connectivity index is 1.41. The molecule has 1 fully saturated rings. The van der Waals surface area contributed by atoms with Crippen molar-refractivity contribution in [1.29, 1.82) is 0 Å². The second-order valence-corrected chi connectivity index (χ2v) is 8.94. The molecule has 0 unspecified atom stereocenters. The van der Waals surface area contributed by atoms with Crippen molar-refractivity contribution in [2.24, 2.45) is 0 Å². The largest absolute Gasteiger partial charge is 0.490 e. The average Bonchev–Trinajstić information content (AvgIpc) is 3.57. The number of hydrogen-bond donors (Lipinski definition) is 2. The minimum absolute atomic E-state index is 0.0872. The van der Waals surface area contributed by atoms with Gasteiger partial charge in [0.15, 0.2) is 0 Å². The van der Waals surface area contributed by atoms with Gasteiger partial charge in [0.2, 0.25) is 0 Å². The van der Waals surface area contributed by atoms with Crippen LogP contribution in [0.2, 0.25) is 0 Å². The third-order valence-electron chi connectivity index (χ3n) is 6.16. The van der Waals surface area contributed by atoms with Crippen molar-refractivity contribution in [2.45, 2.75) is 64.1 Å². The summed E-state index contributed by atoms with van der Waals surface area (Å²) in [7, 11) is 0. The smallest absolute Gasteiger partial charge is 0.417 e. The molecule has 0 spiro atoms. The zero-order chi connectivity index (χ0) is 26.4. The van der Waals surface area contributed by atoms with Gasteiger partial charge in [-0.15, -0.1) is 5.10 Å². The van der Waals surface area contributed by atoms with E-state index in [9.17, 15) is 22.8 Å². The summed E-state index contributed by atoms with van der Waals surface area (Å²) in [6.07, 6.45) is 3.45. The van der Waals surface area contributed by atoms with Crippen LogP contribution in [0, 0.1) is 0 Å². The summed E-state index contributed by atoms with van der Waals surface area (Å²) in [5.41, 5.74) is 4.25. The van der Waals surface area contributed by atoms with E-state index in [-0.39, 0.29) is 17.4 Å². The van der Waals surface area contributed by atoms with Gasteiger partial charge >= 0.3 is 6.18 Å². The number of aromatic nitrogens is 3. The average molecular weight is 516 g/mol. The van der Waals surface area contributed by atoms with Crippen molar-refractivity contribution < 1.29 is 27.5 Å². The molecule has 0 atom stereocenters. The summed E-state index contributed by atoms with van der Waals surface area (Å²) < 4.78 is 47.9. The fourth-order valence-corrected chi connectivity index (χ4v) is 4.15. The first-order valence-electron chi connectivity index (χ1n) is 12.2. The van der Waals surface area contributed by atoms with Crippen LogP contribution in [-0.4, -0.2) is 32.9 Å². The van der Waals surface area contributed by atoms with Crippen LogP contribution in [0.3, 0.4) is 0 Å². The van der Waals surface area contributed by atoms with Crippen molar-refractivity contribution >= 4 is 11.8 Å². The molecular formula is C26H28F3N5O3. The maximum Gasteiger partial charge on any atom is 0.417 e. The summed E-state index contributed by atoms with van der Waals surface area (Å²) in [6, 6.07) is 9.42. The molecular weight excluding hydrogens is 487 g/mol. The number of hydrazine groups is 1. The molecule has 2 amide bonds. The van der Waals surface area contributed by atoms with Gasteiger partial charge in [0.1, 0.15) is 5.75 Å². The molecule has 1 heterocycles. The summed E-state index contributed by atoms with van der Waals surface area (Å²) in [5.74, 6) is -1.61. The van der Waals surface area contributed by atoms with Crippen LogP contribution < -0.4 is 15.6 Å². The van der Waals surface area contributed by atoms with Gasteiger partial charge in [0.25, 0.3) is 11.8 Å². The number of nitrogens with one attached hydrogen (secondary N) is 2. The van der Waals surface area contributed by atoms with Gasteiger partial charge in [0, 0.05) is 5.56 Å². The third kappa shape index (κ3) is 6.66. The van der Waals surface area contributed by atoms with Crippen LogP contribution in [0.4, 0.5) is 13.2 Å². The number of rotatable bonds is 8. The van der Waals surface area contributed by atoms with Crippen LogP contribution in [0.25, 0.3) is 5.69 Å². The van der Waals surface area contributed by atoms with Gasteiger partial charge in [-0.1, -0.05) is 18.6 Å². The summed E-state index contributed by atoms with van der Waals surface area (Å²) in [5, 5.41) is 8.20. The minimum Gasteiger partial charge on any atom is -0.490 e. The highest BCUT2D eigenvalue weighted by molar-refractivity contribution is 6.00. The molecule has 4 rings (SSSR count). The highest BCUT2D eigenvalue weighted by atomic mass is 19.4. The second-order valence-electron chi connectivity index (χ2n) is 8.94. The lowest BCUT2D eigenvalue weighted by atomic mass is 10.1. The Bertz CT molecular complexity index is 1230. The van der Waals surface area contributed by atoms with E-state index >= 15 is 0 Å². The van der Waals surface area contributed by atoms with Crippen molar-refractivity contribution in [1.82, 2.24) is 25.8 Å². The van der Waals surface area contributed by atoms with Gasteiger partial charge in [-0.3, -0.25) is 20.4 Å². The lowest BCUT2D eigenvalue weighted by molar-refractivity contribution is -0.138. The van der Waals surface area contributed by atoms with E-state index in [0.29, 0.717) is 5.69 Å². The lowest BCUT2D eigenvalue weighted by Crippen LogP contribution is -2.42. The summed E-state index contributed by atoms with van der Waals surface area (Å²) in [4.78, 5) is 25.2. The third-order valence-corrected chi connectivity index (χ3v) is 6.16. The number of ether oxygens (including phenoxy) is 1. The first kappa shape index (κ1) is 26.2. The van der Waals surface area contributed by atoms with Crippen molar-refractivity contribution in [2.75, 3.05) is 0 Å². The van der Waals surface area contributed by atoms with Gasteiger partial charge in [-0.2, -0.15) is 13.2 Å². The molecule has 1 aliphatic rings. The Morgan fingerprint density at radius 2 is 1.76 bits per heavy atom. The standard InChI is InChI=1S/C26H28F3N5O3/c1-2-3-6-18-16-34(33-30-18)19-11-9-17(10-12-19)24(35)31-32-25(36)22-15-21(37-20-7-4-5-8-20)13-14-23(22)26(27,28)29/h9-16,20H,2-8H2,1H3,(H,31,35)(H,32,36). The van der Waals surface area contributed by atoms with E-state index in [1.807, 2.05) is 6.20 Å². The molecule has 1 saturated carbocycles. The first-order chi connectivity index (χ1) is 17.7. The second kappa shape index (κ2) is 11.4. The molecule has 11 heteroatoms. The predicted molar refractivity (Wildman–Crippen MR) is 129 cm³/mol. The predicted octanol–water partition coefficient (Wildman–Crippen LogP) is 5.02. The van der Waals surface area contributed by atoms with Crippen LogP contribution >= 0.6 is 0 Å². The lowest BCUT2D eigenvalue weighted by Gasteiger charge is -2.17. The Kier molecular flexibility index (Phi) is 8.10. The maximum absolute atomic E-state index is 13.5. The molecule has 2 N–H and O–H groups in total. The van der Waals surface area contributed by atoms with Crippen LogP contribution in [-0.2, 0) is 12.6 Å². The quantitative estimate of drug-likeness (QED) is 0.411. The number of benzene rings is 2. The van der Waals surface area contributed by atoms with E-state index in [0.717, 1.165) is 62.8 Å². The number of amides is 2. The van der Waals surface area contributed by atoms with Gasteiger partial charge in [-0.25, -0.2) is 4.68 Å². The number of carbonyl (C=O) groups is 2. The molecule has 0 saturated heterocycles. The Morgan fingerprint density at radius 3 is 2.43 bits per heavy atom. The molecule has 37 heavy (non-hydrogen) atoms. The monoisotopic (exact) mass is 515 g/mol. The fourth-order valence-electron chi connectivity index (χ4n) is 4.15. The molecule has 8 nitrogen and oxygen atoms in total. The summed E-state index contributed by atoms with van der Waals surface area (Å²) in [6.45, 7) is 2.09. The summed E-state index contributed by atoms with van der Waals surface area (Å²) >= 11 is 0. The highest BCUT2D eigenvalue weighted by Gasteiger charge is 2.36. The number of aryl methyl sites for hydroxylation is 1. The van der Waals surface area contributed by atoms with Gasteiger partial charge in [-0.05, 0) is 81.0 Å². The maximum atomic E-state index is 13.5. The zero-order valence-electron chi connectivity index (χ0n) is 20.3. The topological polar surface area (TPSA) is 98.1 Å². The molecule has 0 bridgehead atoms. The number of unbranched alkanes of at least 4 members (excludes halogenated alkanes) is 1. The normalized spacial score (nSPS) is 13.9. The number of carbonyl (C=O) groups excluding carboxylic acids is 2. The Morgan fingerprint density at radius 1 is 1.05 bits per heavy atom. The molecule has 1 aromatic heterocycles. The Hall–Kier alpha value is -3.89. The number of hydrogen-bond acceptors (Lipinski definition) is 5. The van der Waals surface area contributed by atoms with E-state index in [2.05, 4.69) is 28.1 Å². The van der Waals surface area contributed by atoms with Gasteiger partial charge in [0.05, 0.1) is 34.8 Å². The van der Waals surface area contributed by atoms with Crippen LogP contribution in [0.1, 0.15) is 77.4 Å². The van der Waals surface area contributed by atoms with Crippen molar-refractivity contribution in [3.05, 3.63) is 71.0 Å². The van der Waals surface area contributed by atoms with Crippen molar-refractivity contribution in [3.8, 4) is 11.4 Å². The number of alkyl halides is 3. The number of halogens is 3. The van der Waals surface area contributed by atoms with Gasteiger partial charge < -0.3 is 4.74 Å². The minimum atomic E-state index is -4.75. The molecule has 3 aromatic rings. The van der Waals surface area contributed by atoms with Crippen LogP contribution in [0.5, 0.6) is 5.75 Å². The molecule has 1 aliphatic carbocycles. The van der Waals surface area contributed by atoms with E-state index in [1.165, 1.54) is 18.2 Å². The van der Waals surface area contributed by atoms with E-state index in [1.54, 1.807) is 16.8 Å². The SMILES string of the molecule is CCCCc1cn(-c2ccc(C(=O)NNC(=O)c3cc(OC4CCCC4)ccc3C(F)(F)F)cc2)nn1. The zero-order valence-corrected chi connectivity index (χ0v) is 20.3. The Labute approximate surface area is 212 Å². The van der Waals surface area contributed by atoms with E-state index in [4.69, 9.17) is 4.74 Å². The molecule has 0 radical (unpaired) electrons. The number of nitrogens with zero attached hydrogens (tertiary/aromatic N) is 3. The molecule has 0 aliphatic heterocycles. The molecule has 2 aromatic carbocycles. The van der Waals surface area contributed by atoms with Crippen LogP contribution in [0.15, 0.2) is 48.7 Å². The first-order valence-corrected chi connectivity index (χ1v) is 12.2.